The first kappa shape index (κ1) is 19.9. The summed E-state index contributed by atoms with van der Waals surface area (Å²) in [4.78, 5) is 9.42. The molecule has 0 aliphatic carbocycles. The van der Waals surface area contributed by atoms with Crippen LogP contribution in [0.5, 0.6) is 0 Å². The van der Waals surface area contributed by atoms with Crippen molar-refractivity contribution in [1.82, 2.24) is 28.4 Å². The van der Waals surface area contributed by atoms with Crippen LogP contribution in [-0.2, 0) is 10.2 Å². The normalized spacial score (nSPS) is 19.1. The van der Waals surface area contributed by atoms with E-state index >= 15 is 0 Å². The van der Waals surface area contributed by atoms with E-state index in [1.54, 1.807) is 20.3 Å². The predicted octanol–water partition coefficient (Wildman–Crippen LogP) is 2.22. The molecule has 0 saturated carbocycles. The van der Waals surface area contributed by atoms with E-state index in [0.717, 1.165) is 29.9 Å². The van der Waals surface area contributed by atoms with Crippen molar-refractivity contribution in [3.63, 3.8) is 0 Å². The smallest absolute Gasteiger partial charge is 0.261 e. The van der Waals surface area contributed by atoms with E-state index in [0.29, 0.717) is 18.9 Å². The maximum Gasteiger partial charge on any atom is 0.281 e. The van der Waals surface area contributed by atoms with Crippen LogP contribution < -0.4 is 0 Å². The van der Waals surface area contributed by atoms with Crippen LogP contribution >= 0.6 is 0 Å². The van der Waals surface area contributed by atoms with Gasteiger partial charge in [0, 0.05) is 51.0 Å². The molecular formula is C18H28N6O2S. The summed E-state index contributed by atoms with van der Waals surface area (Å²) >= 11 is 0. The SMILES string of the molecule is Cc1cc(-c2ccnn2C(C)C)nc(C2CCCN(S(=O)(=O)N(C)C)C2)n1. The van der Waals surface area contributed by atoms with Gasteiger partial charge in [0.1, 0.15) is 5.82 Å². The summed E-state index contributed by atoms with van der Waals surface area (Å²) in [5.41, 5.74) is 2.65. The molecule has 1 aliphatic rings. The molecule has 0 radical (unpaired) electrons. The van der Waals surface area contributed by atoms with Crippen LogP contribution in [0.15, 0.2) is 18.3 Å². The second-order valence-electron chi connectivity index (χ2n) is 7.49. The van der Waals surface area contributed by atoms with Gasteiger partial charge in [-0.25, -0.2) is 9.97 Å². The van der Waals surface area contributed by atoms with E-state index in [1.165, 1.54) is 8.61 Å². The molecule has 3 heterocycles. The van der Waals surface area contributed by atoms with E-state index in [2.05, 4.69) is 23.9 Å². The number of aromatic nitrogens is 4. The third-order valence-corrected chi connectivity index (χ3v) is 6.74. The fourth-order valence-electron chi connectivity index (χ4n) is 3.43. The first-order valence-corrected chi connectivity index (χ1v) is 10.7. The average Bonchev–Trinajstić information content (AvgIpc) is 3.11. The Hall–Kier alpha value is -1.84. The molecule has 1 saturated heterocycles. The molecule has 0 spiro atoms. The maximum absolute atomic E-state index is 12.5. The fraction of sp³-hybridized carbons (Fsp3) is 0.611. The number of hydrogen-bond donors (Lipinski definition) is 0. The lowest BCUT2D eigenvalue weighted by Gasteiger charge is -2.33. The fourth-order valence-corrected chi connectivity index (χ4v) is 4.62. The molecule has 27 heavy (non-hydrogen) atoms. The van der Waals surface area contributed by atoms with Crippen molar-refractivity contribution >= 4 is 10.2 Å². The first-order chi connectivity index (χ1) is 12.7. The quantitative estimate of drug-likeness (QED) is 0.779. The first-order valence-electron chi connectivity index (χ1n) is 9.27. The van der Waals surface area contributed by atoms with Crippen LogP contribution in [0.3, 0.4) is 0 Å². The van der Waals surface area contributed by atoms with Gasteiger partial charge in [-0.2, -0.15) is 22.1 Å². The van der Waals surface area contributed by atoms with Crippen molar-refractivity contribution in [3.8, 4) is 11.4 Å². The van der Waals surface area contributed by atoms with Crippen LogP contribution in [0, 0.1) is 6.92 Å². The molecule has 1 fully saturated rings. The lowest BCUT2D eigenvalue weighted by Crippen LogP contribution is -2.45. The average molecular weight is 393 g/mol. The molecule has 1 atom stereocenters. The van der Waals surface area contributed by atoms with Crippen LogP contribution in [0.2, 0.25) is 0 Å². The van der Waals surface area contributed by atoms with Gasteiger partial charge in [-0.1, -0.05) is 0 Å². The van der Waals surface area contributed by atoms with E-state index in [4.69, 9.17) is 4.98 Å². The number of hydrogen-bond acceptors (Lipinski definition) is 5. The zero-order valence-electron chi connectivity index (χ0n) is 16.6. The molecule has 2 aromatic rings. The van der Waals surface area contributed by atoms with Gasteiger partial charge in [-0.05, 0) is 45.7 Å². The zero-order chi connectivity index (χ0) is 19.8. The summed E-state index contributed by atoms with van der Waals surface area (Å²) in [7, 11) is -0.300. The molecule has 0 amide bonds. The molecule has 3 rings (SSSR count). The van der Waals surface area contributed by atoms with E-state index in [9.17, 15) is 8.42 Å². The Morgan fingerprint density at radius 2 is 2.00 bits per heavy atom. The Labute approximate surface area is 161 Å². The highest BCUT2D eigenvalue weighted by atomic mass is 32.2. The third-order valence-electron chi connectivity index (χ3n) is 4.83. The van der Waals surface area contributed by atoms with Crippen molar-refractivity contribution in [3.05, 3.63) is 29.8 Å². The van der Waals surface area contributed by atoms with Gasteiger partial charge in [0.2, 0.25) is 0 Å². The van der Waals surface area contributed by atoms with Crippen molar-refractivity contribution in [2.45, 2.75) is 45.6 Å². The Morgan fingerprint density at radius 3 is 2.67 bits per heavy atom. The number of aryl methyl sites for hydroxylation is 1. The van der Waals surface area contributed by atoms with Gasteiger partial charge in [0.15, 0.2) is 0 Å². The van der Waals surface area contributed by atoms with Crippen LogP contribution in [0.25, 0.3) is 11.4 Å². The van der Waals surface area contributed by atoms with Gasteiger partial charge in [-0.15, -0.1) is 0 Å². The Balaban J connectivity index is 1.93. The van der Waals surface area contributed by atoms with Crippen LogP contribution in [-0.4, -0.2) is 64.0 Å². The van der Waals surface area contributed by atoms with Crippen molar-refractivity contribution in [2.24, 2.45) is 0 Å². The lowest BCUT2D eigenvalue weighted by atomic mass is 9.98. The van der Waals surface area contributed by atoms with Crippen molar-refractivity contribution < 1.29 is 8.42 Å². The van der Waals surface area contributed by atoms with Crippen LogP contribution in [0.4, 0.5) is 0 Å². The van der Waals surface area contributed by atoms with Gasteiger partial charge < -0.3 is 0 Å². The highest BCUT2D eigenvalue weighted by Gasteiger charge is 2.32. The van der Waals surface area contributed by atoms with Gasteiger partial charge in [0.05, 0.1) is 11.4 Å². The predicted molar refractivity (Wildman–Crippen MR) is 105 cm³/mol. The molecular weight excluding hydrogens is 364 g/mol. The minimum absolute atomic E-state index is 0.0115. The summed E-state index contributed by atoms with van der Waals surface area (Å²) in [5.74, 6) is 0.697. The van der Waals surface area contributed by atoms with Crippen LogP contribution in [0.1, 0.15) is 50.2 Å². The molecule has 1 aliphatic heterocycles. The minimum atomic E-state index is -3.43. The summed E-state index contributed by atoms with van der Waals surface area (Å²) in [6.07, 6.45) is 3.46. The van der Waals surface area contributed by atoms with Crippen molar-refractivity contribution in [2.75, 3.05) is 27.2 Å². The summed E-state index contributed by atoms with van der Waals surface area (Å²) in [5, 5.41) is 4.39. The molecule has 2 aromatic heterocycles. The molecule has 0 N–H and O–H groups in total. The zero-order valence-corrected chi connectivity index (χ0v) is 17.4. The largest absolute Gasteiger partial charge is 0.281 e. The highest BCUT2D eigenvalue weighted by molar-refractivity contribution is 7.86. The Morgan fingerprint density at radius 1 is 1.26 bits per heavy atom. The standard InChI is InChI=1S/C18H28N6O2S/c1-13(2)24-17(8-9-19-24)16-11-14(3)20-18(21-16)15-7-6-10-23(12-15)27(25,26)22(4)5/h8-9,11,13,15H,6-7,10,12H2,1-5H3. The molecule has 0 bridgehead atoms. The molecule has 9 heteroatoms. The molecule has 0 aromatic carbocycles. The Kier molecular flexibility index (Phi) is 5.64. The highest BCUT2D eigenvalue weighted by Crippen LogP contribution is 2.29. The molecule has 8 nitrogen and oxygen atoms in total. The topological polar surface area (TPSA) is 84.2 Å². The van der Waals surface area contributed by atoms with E-state index in [1.807, 2.05) is 23.7 Å². The summed E-state index contributed by atoms with van der Waals surface area (Å²) < 4.78 is 29.7. The summed E-state index contributed by atoms with van der Waals surface area (Å²) in [6.45, 7) is 7.05. The van der Waals surface area contributed by atoms with Gasteiger partial charge in [-0.3, -0.25) is 4.68 Å². The number of rotatable bonds is 5. The van der Waals surface area contributed by atoms with E-state index in [-0.39, 0.29) is 12.0 Å². The minimum Gasteiger partial charge on any atom is -0.261 e. The molecule has 148 valence electrons. The lowest BCUT2D eigenvalue weighted by molar-refractivity contribution is 0.293. The second-order valence-corrected chi connectivity index (χ2v) is 9.64. The maximum atomic E-state index is 12.5. The second kappa shape index (κ2) is 7.65. The number of piperidine rings is 1. The third kappa shape index (κ3) is 4.04. The van der Waals surface area contributed by atoms with Crippen molar-refractivity contribution in [1.29, 1.82) is 0 Å². The monoisotopic (exact) mass is 392 g/mol. The van der Waals surface area contributed by atoms with Gasteiger partial charge >= 0.3 is 0 Å². The van der Waals surface area contributed by atoms with E-state index < -0.39 is 10.2 Å². The van der Waals surface area contributed by atoms with Gasteiger partial charge in [0.25, 0.3) is 10.2 Å². The number of nitrogens with zero attached hydrogens (tertiary/aromatic N) is 6. The Bertz CT molecular complexity index is 906. The summed E-state index contributed by atoms with van der Waals surface area (Å²) in [6, 6.07) is 4.13. The molecule has 1 unspecified atom stereocenters.